The van der Waals surface area contributed by atoms with Gasteiger partial charge in [-0.25, -0.2) is 0 Å². The van der Waals surface area contributed by atoms with Crippen molar-refractivity contribution in [3.63, 3.8) is 0 Å². The number of aromatic nitrogens is 1. The summed E-state index contributed by atoms with van der Waals surface area (Å²) >= 11 is 0. The highest BCUT2D eigenvalue weighted by Gasteiger charge is 2.22. The Morgan fingerprint density at radius 3 is 2.40 bits per heavy atom. The summed E-state index contributed by atoms with van der Waals surface area (Å²) in [7, 11) is 0. The lowest BCUT2D eigenvalue weighted by Crippen LogP contribution is -2.20. The Morgan fingerprint density at radius 1 is 1.10 bits per heavy atom. The first kappa shape index (κ1) is 21.8. The number of pyridine rings is 1. The van der Waals surface area contributed by atoms with Gasteiger partial charge in [0.05, 0.1) is 5.52 Å². The maximum absolute atomic E-state index is 11.2. The highest BCUT2D eigenvalue weighted by atomic mass is 16.5. The zero-order valence-corrected chi connectivity index (χ0v) is 18.7. The zero-order valence-electron chi connectivity index (χ0n) is 18.7. The van der Waals surface area contributed by atoms with Crippen molar-refractivity contribution in [1.29, 1.82) is 0 Å². The number of nitrogens with two attached hydrogens (primary N) is 1. The second-order valence-corrected chi connectivity index (χ2v) is 9.20. The minimum absolute atomic E-state index is 0.122. The molecule has 0 spiro atoms. The van der Waals surface area contributed by atoms with Crippen molar-refractivity contribution in [2.45, 2.75) is 53.9 Å². The molecule has 30 heavy (non-hydrogen) atoms. The first-order chi connectivity index (χ1) is 14.2. The third kappa shape index (κ3) is 5.18. The van der Waals surface area contributed by atoms with Gasteiger partial charge >= 0.3 is 0 Å². The molecule has 4 nitrogen and oxygen atoms in total. The molecule has 0 aliphatic heterocycles. The molecule has 158 valence electrons. The number of fused-ring (bicyclic) bond motifs is 1. The van der Waals surface area contributed by atoms with Crippen LogP contribution < -0.4 is 10.5 Å². The first-order valence-electron chi connectivity index (χ1n) is 10.6. The van der Waals surface area contributed by atoms with Gasteiger partial charge in [0.15, 0.2) is 6.61 Å². The van der Waals surface area contributed by atoms with E-state index in [2.05, 4.69) is 58.9 Å². The van der Waals surface area contributed by atoms with E-state index in [0.717, 1.165) is 30.2 Å². The number of primary amides is 1. The highest BCUT2D eigenvalue weighted by molar-refractivity contribution is 5.97. The fourth-order valence-corrected chi connectivity index (χ4v) is 3.79. The number of carbonyl (C=O) groups is 1. The quantitative estimate of drug-likeness (QED) is 0.556. The molecule has 0 saturated carbocycles. The lowest BCUT2D eigenvalue weighted by Gasteiger charge is -2.24. The second kappa shape index (κ2) is 8.86. The third-order valence-electron chi connectivity index (χ3n) is 5.06. The lowest BCUT2D eigenvalue weighted by atomic mass is 9.82. The van der Waals surface area contributed by atoms with Crippen LogP contribution in [0.25, 0.3) is 22.0 Å². The van der Waals surface area contributed by atoms with Crippen LogP contribution in [0.3, 0.4) is 0 Å². The number of hydrogen-bond donors (Lipinski definition) is 1. The average molecular weight is 405 g/mol. The Kier molecular flexibility index (Phi) is 6.45. The number of carbonyl (C=O) groups excluding carboxylic acids is 1. The van der Waals surface area contributed by atoms with Crippen LogP contribution in [0, 0.1) is 12.3 Å². The molecule has 0 aliphatic rings. The predicted octanol–water partition coefficient (Wildman–Crippen LogP) is 5.62. The molecule has 3 rings (SSSR count). The molecule has 2 N–H and O–H groups in total. The molecule has 0 unspecified atom stereocenters. The summed E-state index contributed by atoms with van der Waals surface area (Å²) in [6.07, 6.45) is 2.92. The maximum Gasteiger partial charge on any atom is 0.255 e. The standard InChI is InChI=1S/C26H32N2O2/c1-6-7-22-21(15-26(3,4)5)25(18-10-8-17(2)9-11-18)20-14-19(30-16-24(27)29)12-13-23(20)28-22/h8-14H,6-7,15-16H2,1-5H3,(H2,27,29). The molecule has 2 aromatic carbocycles. The van der Waals surface area contributed by atoms with Crippen molar-refractivity contribution >= 4 is 16.8 Å². The minimum Gasteiger partial charge on any atom is -0.484 e. The number of nitrogens with zero attached hydrogens (tertiary/aromatic N) is 1. The number of aryl methyl sites for hydroxylation is 2. The Labute approximate surface area is 179 Å². The molecule has 1 heterocycles. The van der Waals surface area contributed by atoms with E-state index in [4.69, 9.17) is 15.5 Å². The SMILES string of the molecule is CCCc1nc2ccc(OCC(N)=O)cc2c(-c2ccc(C)cc2)c1CC(C)(C)C. The molecule has 3 aromatic rings. The van der Waals surface area contributed by atoms with E-state index in [-0.39, 0.29) is 12.0 Å². The van der Waals surface area contributed by atoms with Crippen molar-refractivity contribution < 1.29 is 9.53 Å². The van der Waals surface area contributed by atoms with Crippen LogP contribution in [-0.2, 0) is 17.6 Å². The number of hydrogen-bond acceptors (Lipinski definition) is 3. The summed E-state index contributed by atoms with van der Waals surface area (Å²) < 4.78 is 5.60. The highest BCUT2D eigenvalue weighted by Crippen LogP contribution is 2.38. The zero-order chi connectivity index (χ0) is 21.9. The topological polar surface area (TPSA) is 65.2 Å². The van der Waals surface area contributed by atoms with Gasteiger partial charge in [-0.1, -0.05) is 63.9 Å². The van der Waals surface area contributed by atoms with Crippen LogP contribution in [0.2, 0.25) is 0 Å². The summed E-state index contributed by atoms with van der Waals surface area (Å²) in [5.41, 5.74) is 12.4. The lowest BCUT2D eigenvalue weighted by molar-refractivity contribution is -0.119. The summed E-state index contributed by atoms with van der Waals surface area (Å²) in [5.74, 6) is 0.139. The van der Waals surface area contributed by atoms with Crippen molar-refractivity contribution in [2.24, 2.45) is 11.1 Å². The molecule has 0 atom stereocenters. The molecule has 1 amide bonds. The summed E-state index contributed by atoms with van der Waals surface area (Å²) in [6, 6.07) is 14.5. The van der Waals surface area contributed by atoms with Gasteiger partial charge < -0.3 is 10.5 Å². The van der Waals surface area contributed by atoms with Gasteiger partial charge in [-0.2, -0.15) is 0 Å². The van der Waals surface area contributed by atoms with E-state index in [9.17, 15) is 4.79 Å². The van der Waals surface area contributed by atoms with Gasteiger partial charge in [0.2, 0.25) is 0 Å². The van der Waals surface area contributed by atoms with Gasteiger partial charge in [0, 0.05) is 11.1 Å². The van der Waals surface area contributed by atoms with E-state index < -0.39 is 5.91 Å². The molecule has 0 bridgehead atoms. The fraction of sp³-hybridized carbons (Fsp3) is 0.385. The van der Waals surface area contributed by atoms with Crippen LogP contribution >= 0.6 is 0 Å². The Hall–Kier alpha value is -2.88. The van der Waals surface area contributed by atoms with Gasteiger partial charge in [-0.3, -0.25) is 9.78 Å². The molecule has 0 radical (unpaired) electrons. The Balaban J connectivity index is 2.31. The largest absolute Gasteiger partial charge is 0.484 e. The maximum atomic E-state index is 11.2. The first-order valence-corrected chi connectivity index (χ1v) is 10.6. The van der Waals surface area contributed by atoms with Crippen LogP contribution in [0.1, 0.15) is 50.9 Å². The van der Waals surface area contributed by atoms with Crippen LogP contribution in [0.5, 0.6) is 5.75 Å². The molecule has 4 heteroatoms. The summed E-state index contributed by atoms with van der Waals surface area (Å²) in [6.45, 7) is 10.9. The smallest absolute Gasteiger partial charge is 0.255 e. The number of amides is 1. The molecule has 0 aliphatic carbocycles. The average Bonchev–Trinajstić information content (AvgIpc) is 2.67. The van der Waals surface area contributed by atoms with Crippen molar-refractivity contribution in [3.8, 4) is 16.9 Å². The second-order valence-electron chi connectivity index (χ2n) is 9.20. The Bertz CT molecular complexity index is 1050. The van der Waals surface area contributed by atoms with Gasteiger partial charge in [0.25, 0.3) is 5.91 Å². The van der Waals surface area contributed by atoms with Crippen LogP contribution in [0.4, 0.5) is 0 Å². The number of benzene rings is 2. The third-order valence-corrected chi connectivity index (χ3v) is 5.06. The predicted molar refractivity (Wildman–Crippen MR) is 124 cm³/mol. The molecule has 0 fully saturated rings. The summed E-state index contributed by atoms with van der Waals surface area (Å²) in [5, 5.41) is 1.04. The monoisotopic (exact) mass is 404 g/mol. The van der Waals surface area contributed by atoms with Gasteiger partial charge in [0.1, 0.15) is 5.75 Å². The minimum atomic E-state index is -0.487. The normalized spacial score (nSPS) is 11.6. The Morgan fingerprint density at radius 2 is 1.80 bits per heavy atom. The van der Waals surface area contributed by atoms with Crippen LogP contribution in [-0.4, -0.2) is 17.5 Å². The van der Waals surface area contributed by atoms with Crippen LogP contribution in [0.15, 0.2) is 42.5 Å². The van der Waals surface area contributed by atoms with Gasteiger partial charge in [-0.05, 0) is 60.1 Å². The number of rotatable bonds is 7. The molecule has 0 saturated heterocycles. The van der Waals surface area contributed by atoms with Gasteiger partial charge in [-0.15, -0.1) is 0 Å². The summed E-state index contributed by atoms with van der Waals surface area (Å²) in [4.78, 5) is 16.2. The van der Waals surface area contributed by atoms with Crippen molar-refractivity contribution in [3.05, 3.63) is 59.3 Å². The number of ether oxygens (including phenoxy) is 1. The molecular formula is C26H32N2O2. The van der Waals surface area contributed by atoms with E-state index >= 15 is 0 Å². The van der Waals surface area contributed by atoms with Crippen molar-refractivity contribution in [2.75, 3.05) is 6.61 Å². The fourth-order valence-electron chi connectivity index (χ4n) is 3.79. The van der Waals surface area contributed by atoms with E-state index in [1.807, 2.05) is 18.2 Å². The molecule has 1 aromatic heterocycles. The van der Waals surface area contributed by atoms with E-state index in [1.54, 1.807) is 0 Å². The van der Waals surface area contributed by atoms with E-state index in [1.165, 1.54) is 27.9 Å². The van der Waals surface area contributed by atoms with E-state index in [0.29, 0.717) is 5.75 Å². The molecular weight excluding hydrogens is 372 g/mol. The van der Waals surface area contributed by atoms with Crippen molar-refractivity contribution in [1.82, 2.24) is 4.98 Å².